The van der Waals surface area contributed by atoms with Gasteiger partial charge in [0.2, 0.25) is 0 Å². The van der Waals surface area contributed by atoms with E-state index < -0.39 is 0 Å². The Morgan fingerprint density at radius 2 is 2.13 bits per heavy atom. The molecule has 0 radical (unpaired) electrons. The second kappa shape index (κ2) is 5.11. The molecule has 0 aliphatic rings. The summed E-state index contributed by atoms with van der Waals surface area (Å²) in [7, 11) is 0. The lowest BCUT2D eigenvalue weighted by atomic mass is 9.80. The van der Waals surface area contributed by atoms with E-state index in [4.69, 9.17) is 0 Å². The quantitative estimate of drug-likeness (QED) is 0.699. The third-order valence-corrected chi connectivity index (χ3v) is 2.93. The Kier molecular flexibility index (Phi) is 4.07. The molecule has 0 aliphatic heterocycles. The Hall–Kier alpha value is -1.11. The molecule has 0 saturated carbocycles. The summed E-state index contributed by atoms with van der Waals surface area (Å²) in [5.41, 5.74) is 2.65. The lowest BCUT2D eigenvalue weighted by Crippen LogP contribution is -2.17. The van der Waals surface area contributed by atoms with Crippen LogP contribution in [0.15, 0.2) is 25.0 Å². The molecule has 1 heteroatoms. The van der Waals surface area contributed by atoms with E-state index in [2.05, 4.69) is 38.4 Å². The number of hydrogen-bond donors (Lipinski definition) is 0. The van der Waals surface area contributed by atoms with E-state index in [1.165, 1.54) is 24.8 Å². The molecule has 1 heterocycles. The molecule has 82 valence electrons. The van der Waals surface area contributed by atoms with E-state index in [1.54, 1.807) is 0 Å². The standard InChI is InChI=1S/C14H21N/c1-5-7-8-14(3,4)13-9-12(6-2)10-15-11-13/h6,9-11H,2,5,7-8H2,1,3-4H3. The van der Waals surface area contributed by atoms with Gasteiger partial charge in [0.05, 0.1) is 0 Å². The van der Waals surface area contributed by atoms with E-state index in [0.29, 0.717) is 0 Å². The minimum atomic E-state index is 0.224. The highest BCUT2D eigenvalue weighted by molar-refractivity contribution is 5.47. The molecular weight excluding hydrogens is 182 g/mol. The molecule has 1 rings (SSSR count). The molecule has 1 aromatic heterocycles. The monoisotopic (exact) mass is 203 g/mol. The van der Waals surface area contributed by atoms with E-state index in [1.807, 2.05) is 18.5 Å². The summed E-state index contributed by atoms with van der Waals surface area (Å²) in [6, 6.07) is 2.19. The molecule has 0 unspecified atom stereocenters. The molecule has 0 aliphatic carbocycles. The molecule has 15 heavy (non-hydrogen) atoms. The average Bonchev–Trinajstić information content (AvgIpc) is 2.26. The van der Waals surface area contributed by atoms with Crippen molar-refractivity contribution < 1.29 is 0 Å². The number of hydrogen-bond acceptors (Lipinski definition) is 1. The van der Waals surface area contributed by atoms with E-state index >= 15 is 0 Å². The van der Waals surface area contributed by atoms with Crippen LogP contribution < -0.4 is 0 Å². The Morgan fingerprint density at radius 1 is 1.40 bits per heavy atom. The summed E-state index contributed by atoms with van der Waals surface area (Å²) in [5, 5.41) is 0. The first-order valence-electron chi connectivity index (χ1n) is 5.68. The van der Waals surface area contributed by atoms with Crippen LogP contribution in [-0.2, 0) is 5.41 Å². The summed E-state index contributed by atoms with van der Waals surface area (Å²) in [6.07, 6.45) is 9.41. The second-order valence-corrected chi connectivity index (χ2v) is 4.70. The number of unbranched alkanes of at least 4 members (excludes halogenated alkanes) is 1. The highest BCUT2D eigenvalue weighted by Crippen LogP contribution is 2.28. The molecule has 0 saturated heterocycles. The summed E-state index contributed by atoms with van der Waals surface area (Å²) < 4.78 is 0. The topological polar surface area (TPSA) is 12.9 Å². The van der Waals surface area contributed by atoms with Crippen molar-refractivity contribution in [3.63, 3.8) is 0 Å². The largest absolute Gasteiger partial charge is 0.264 e. The average molecular weight is 203 g/mol. The predicted octanol–water partition coefficient (Wildman–Crippen LogP) is 4.19. The van der Waals surface area contributed by atoms with Crippen molar-refractivity contribution in [1.82, 2.24) is 4.98 Å². The Balaban J connectivity index is 2.87. The molecule has 0 aromatic carbocycles. The Morgan fingerprint density at radius 3 is 2.73 bits per heavy atom. The maximum absolute atomic E-state index is 4.26. The minimum absolute atomic E-state index is 0.224. The van der Waals surface area contributed by atoms with Gasteiger partial charge in [0, 0.05) is 12.4 Å². The summed E-state index contributed by atoms with van der Waals surface area (Å²) in [6.45, 7) is 10.6. The van der Waals surface area contributed by atoms with Gasteiger partial charge in [-0.1, -0.05) is 46.3 Å². The van der Waals surface area contributed by atoms with Gasteiger partial charge in [-0.15, -0.1) is 0 Å². The summed E-state index contributed by atoms with van der Waals surface area (Å²) in [4.78, 5) is 4.26. The van der Waals surface area contributed by atoms with Gasteiger partial charge >= 0.3 is 0 Å². The fourth-order valence-electron chi connectivity index (χ4n) is 1.70. The Bertz CT molecular complexity index is 326. The zero-order valence-corrected chi connectivity index (χ0v) is 10.1. The van der Waals surface area contributed by atoms with Crippen LogP contribution >= 0.6 is 0 Å². The molecule has 0 atom stereocenters. The zero-order chi connectivity index (χ0) is 11.3. The molecule has 0 N–H and O–H groups in total. The van der Waals surface area contributed by atoms with Crippen LogP contribution in [0.3, 0.4) is 0 Å². The first-order valence-corrected chi connectivity index (χ1v) is 5.68. The lowest BCUT2D eigenvalue weighted by molar-refractivity contribution is 0.456. The van der Waals surface area contributed by atoms with Gasteiger partial charge in [-0.25, -0.2) is 0 Å². The number of rotatable bonds is 5. The van der Waals surface area contributed by atoms with Crippen LogP contribution in [0.1, 0.15) is 51.2 Å². The van der Waals surface area contributed by atoms with Crippen molar-refractivity contribution in [1.29, 1.82) is 0 Å². The van der Waals surface area contributed by atoms with Crippen LogP contribution in [0.25, 0.3) is 6.08 Å². The van der Waals surface area contributed by atoms with E-state index in [-0.39, 0.29) is 5.41 Å². The normalized spacial score (nSPS) is 11.4. The van der Waals surface area contributed by atoms with Crippen LogP contribution in [0, 0.1) is 0 Å². The molecular formula is C14H21N. The van der Waals surface area contributed by atoms with Gasteiger partial charge in [-0.2, -0.15) is 0 Å². The van der Waals surface area contributed by atoms with Gasteiger partial charge in [-0.05, 0) is 29.0 Å². The second-order valence-electron chi connectivity index (χ2n) is 4.70. The number of aromatic nitrogens is 1. The molecule has 1 aromatic rings. The minimum Gasteiger partial charge on any atom is -0.264 e. The van der Waals surface area contributed by atoms with Crippen molar-refractivity contribution in [2.24, 2.45) is 0 Å². The van der Waals surface area contributed by atoms with Crippen LogP contribution in [0.4, 0.5) is 0 Å². The SMILES string of the molecule is C=Cc1cncc(C(C)(C)CCCC)c1. The maximum Gasteiger partial charge on any atom is 0.0340 e. The van der Waals surface area contributed by atoms with Crippen LogP contribution in [-0.4, -0.2) is 4.98 Å². The van der Waals surface area contributed by atoms with Crippen LogP contribution in [0.5, 0.6) is 0 Å². The summed E-state index contributed by atoms with van der Waals surface area (Å²) >= 11 is 0. The lowest BCUT2D eigenvalue weighted by Gasteiger charge is -2.25. The maximum atomic E-state index is 4.26. The molecule has 0 spiro atoms. The van der Waals surface area contributed by atoms with Gasteiger partial charge in [0.25, 0.3) is 0 Å². The number of pyridine rings is 1. The van der Waals surface area contributed by atoms with Gasteiger partial charge in [0.15, 0.2) is 0 Å². The van der Waals surface area contributed by atoms with E-state index in [9.17, 15) is 0 Å². The predicted molar refractivity (Wildman–Crippen MR) is 66.9 cm³/mol. The van der Waals surface area contributed by atoms with Gasteiger partial charge in [-0.3, -0.25) is 4.98 Å². The third kappa shape index (κ3) is 3.19. The van der Waals surface area contributed by atoms with Crippen molar-refractivity contribution in [2.45, 2.75) is 45.4 Å². The molecule has 0 amide bonds. The first kappa shape index (κ1) is 12.0. The zero-order valence-electron chi connectivity index (χ0n) is 10.1. The highest BCUT2D eigenvalue weighted by atomic mass is 14.6. The third-order valence-electron chi connectivity index (χ3n) is 2.93. The van der Waals surface area contributed by atoms with Crippen molar-refractivity contribution in [3.8, 4) is 0 Å². The van der Waals surface area contributed by atoms with E-state index in [0.717, 1.165) is 5.56 Å². The number of nitrogens with zero attached hydrogens (tertiary/aromatic N) is 1. The van der Waals surface area contributed by atoms with Crippen molar-refractivity contribution in [2.75, 3.05) is 0 Å². The fraction of sp³-hybridized carbons (Fsp3) is 0.500. The first-order chi connectivity index (χ1) is 7.10. The van der Waals surface area contributed by atoms with Crippen molar-refractivity contribution in [3.05, 3.63) is 36.2 Å². The fourth-order valence-corrected chi connectivity index (χ4v) is 1.70. The molecule has 0 fully saturated rings. The smallest absolute Gasteiger partial charge is 0.0340 e. The molecule has 0 bridgehead atoms. The van der Waals surface area contributed by atoms with Crippen LogP contribution in [0.2, 0.25) is 0 Å². The highest BCUT2D eigenvalue weighted by Gasteiger charge is 2.20. The van der Waals surface area contributed by atoms with Gasteiger partial charge in [0.1, 0.15) is 0 Å². The van der Waals surface area contributed by atoms with Crippen molar-refractivity contribution >= 4 is 6.08 Å². The molecule has 1 nitrogen and oxygen atoms in total. The summed E-state index contributed by atoms with van der Waals surface area (Å²) in [5.74, 6) is 0. The Labute approximate surface area is 93.2 Å². The van der Waals surface area contributed by atoms with Gasteiger partial charge < -0.3 is 0 Å².